The maximum Gasteiger partial charge on any atom is 0.168 e. The van der Waals surface area contributed by atoms with E-state index in [1.54, 1.807) is 17.7 Å². The van der Waals surface area contributed by atoms with Gasteiger partial charge in [0.2, 0.25) is 0 Å². The summed E-state index contributed by atoms with van der Waals surface area (Å²) in [6.07, 6.45) is 4.41. The van der Waals surface area contributed by atoms with Gasteiger partial charge in [-0.15, -0.1) is 11.3 Å². The fourth-order valence-corrected chi connectivity index (χ4v) is 3.71. The van der Waals surface area contributed by atoms with E-state index in [9.17, 15) is 0 Å². The number of thiophene rings is 1. The van der Waals surface area contributed by atoms with E-state index < -0.39 is 0 Å². The molecule has 4 aromatic rings. The Labute approximate surface area is 150 Å². The topological polar surface area (TPSA) is 55.6 Å². The van der Waals surface area contributed by atoms with E-state index in [1.165, 1.54) is 16.0 Å². The van der Waals surface area contributed by atoms with E-state index >= 15 is 0 Å². The molecule has 0 unspecified atom stereocenters. The van der Waals surface area contributed by atoms with Gasteiger partial charge in [-0.2, -0.15) is 5.10 Å². The van der Waals surface area contributed by atoms with Gasteiger partial charge < -0.3 is 5.32 Å². The molecule has 0 atom stereocenters. The predicted octanol–water partition coefficient (Wildman–Crippen LogP) is 4.15. The molecule has 4 rings (SSSR count). The van der Waals surface area contributed by atoms with Crippen LogP contribution in [0.1, 0.15) is 16.0 Å². The van der Waals surface area contributed by atoms with Crippen LogP contribution >= 0.6 is 11.3 Å². The maximum atomic E-state index is 4.54. The molecule has 0 aliphatic carbocycles. The molecule has 0 aliphatic rings. The van der Waals surface area contributed by atoms with Crippen molar-refractivity contribution in [1.82, 2.24) is 19.7 Å². The van der Waals surface area contributed by atoms with Gasteiger partial charge in [0, 0.05) is 11.4 Å². The monoisotopic (exact) mass is 349 g/mol. The molecular formula is C19H19N5S. The van der Waals surface area contributed by atoms with Crippen LogP contribution in [-0.4, -0.2) is 26.3 Å². The van der Waals surface area contributed by atoms with Gasteiger partial charge in [0.15, 0.2) is 5.65 Å². The number of hydrogen-bond donors (Lipinski definition) is 1. The van der Waals surface area contributed by atoms with Crippen LogP contribution in [0.4, 0.5) is 5.82 Å². The normalized spacial score (nSPS) is 11.1. The minimum absolute atomic E-state index is 0.818. The van der Waals surface area contributed by atoms with Gasteiger partial charge in [0.1, 0.15) is 12.1 Å². The van der Waals surface area contributed by atoms with Gasteiger partial charge >= 0.3 is 0 Å². The van der Waals surface area contributed by atoms with Crippen LogP contribution in [0.15, 0.2) is 48.2 Å². The van der Waals surface area contributed by atoms with Gasteiger partial charge in [-0.3, -0.25) is 0 Å². The molecule has 3 aromatic heterocycles. The molecule has 5 nitrogen and oxygen atoms in total. The van der Waals surface area contributed by atoms with E-state index in [2.05, 4.69) is 69.9 Å². The van der Waals surface area contributed by atoms with Crippen molar-refractivity contribution in [3.63, 3.8) is 0 Å². The lowest BCUT2D eigenvalue weighted by Gasteiger charge is -2.07. The Kier molecular flexibility index (Phi) is 4.19. The standard InChI is InChI=1S/C19H19N5S/c1-13-8-14(2)10-15(9-13)24-19-17(11-23-24)18(21-12-22-19)20-6-5-16-4-3-7-25-16/h3-4,7-12H,5-6H2,1-2H3,(H,20,21,22). The number of anilines is 1. The van der Waals surface area contributed by atoms with Gasteiger partial charge in [-0.05, 0) is 55.0 Å². The average Bonchev–Trinajstić information content (AvgIpc) is 3.23. The zero-order valence-corrected chi connectivity index (χ0v) is 15.0. The number of fused-ring (bicyclic) bond motifs is 1. The molecule has 0 aliphatic heterocycles. The van der Waals surface area contributed by atoms with Crippen molar-refractivity contribution in [2.75, 3.05) is 11.9 Å². The Morgan fingerprint density at radius 1 is 1.12 bits per heavy atom. The lowest BCUT2D eigenvalue weighted by molar-refractivity contribution is 0.892. The first-order valence-corrected chi connectivity index (χ1v) is 9.12. The minimum Gasteiger partial charge on any atom is -0.369 e. The van der Waals surface area contributed by atoms with Crippen molar-refractivity contribution in [2.45, 2.75) is 20.3 Å². The highest BCUT2D eigenvalue weighted by Gasteiger charge is 2.11. The van der Waals surface area contributed by atoms with Crippen LogP contribution in [-0.2, 0) is 6.42 Å². The number of hydrogen-bond acceptors (Lipinski definition) is 5. The van der Waals surface area contributed by atoms with Crippen molar-refractivity contribution in [2.24, 2.45) is 0 Å². The molecule has 0 bridgehead atoms. The van der Waals surface area contributed by atoms with Gasteiger partial charge in [0.25, 0.3) is 0 Å². The summed E-state index contributed by atoms with van der Waals surface area (Å²) in [5.74, 6) is 0.831. The number of aromatic nitrogens is 4. The van der Waals surface area contributed by atoms with Crippen LogP contribution < -0.4 is 5.32 Å². The highest BCUT2D eigenvalue weighted by molar-refractivity contribution is 7.09. The molecule has 0 amide bonds. The second-order valence-corrected chi connectivity index (χ2v) is 7.15. The van der Waals surface area contributed by atoms with Crippen molar-refractivity contribution in [3.8, 4) is 5.69 Å². The van der Waals surface area contributed by atoms with Crippen LogP contribution in [0.3, 0.4) is 0 Å². The summed E-state index contributed by atoms with van der Waals surface area (Å²) >= 11 is 1.78. The van der Waals surface area contributed by atoms with Crippen LogP contribution in [0, 0.1) is 13.8 Å². The number of benzene rings is 1. The van der Waals surface area contributed by atoms with Crippen LogP contribution in [0.2, 0.25) is 0 Å². The zero-order chi connectivity index (χ0) is 17.2. The summed E-state index contributed by atoms with van der Waals surface area (Å²) in [4.78, 5) is 10.2. The van der Waals surface area contributed by atoms with E-state index in [0.717, 1.165) is 35.5 Å². The Morgan fingerprint density at radius 3 is 2.72 bits per heavy atom. The fourth-order valence-electron chi connectivity index (χ4n) is 3.01. The maximum absolute atomic E-state index is 4.54. The van der Waals surface area contributed by atoms with E-state index in [4.69, 9.17) is 0 Å². The third-order valence-corrected chi connectivity index (χ3v) is 5.00. The van der Waals surface area contributed by atoms with E-state index in [0.29, 0.717) is 0 Å². The van der Waals surface area contributed by atoms with Gasteiger partial charge in [0.05, 0.1) is 17.3 Å². The largest absolute Gasteiger partial charge is 0.369 e. The molecule has 25 heavy (non-hydrogen) atoms. The van der Waals surface area contributed by atoms with Crippen LogP contribution in [0.25, 0.3) is 16.7 Å². The molecule has 0 radical (unpaired) electrons. The summed E-state index contributed by atoms with van der Waals surface area (Å²) in [5.41, 5.74) is 4.26. The first kappa shape index (κ1) is 15.8. The third kappa shape index (κ3) is 3.25. The smallest absolute Gasteiger partial charge is 0.168 e. The van der Waals surface area contributed by atoms with Crippen molar-refractivity contribution in [3.05, 3.63) is 64.2 Å². The fraction of sp³-hybridized carbons (Fsp3) is 0.211. The summed E-state index contributed by atoms with van der Waals surface area (Å²) in [7, 11) is 0. The molecule has 1 N–H and O–H groups in total. The van der Waals surface area contributed by atoms with E-state index in [-0.39, 0.29) is 0 Å². The molecule has 3 heterocycles. The third-order valence-electron chi connectivity index (χ3n) is 4.06. The Hall–Kier alpha value is -2.73. The Bertz CT molecular complexity index is 984. The van der Waals surface area contributed by atoms with Crippen molar-refractivity contribution < 1.29 is 0 Å². The quantitative estimate of drug-likeness (QED) is 0.588. The first-order chi connectivity index (χ1) is 12.2. The summed E-state index contributed by atoms with van der Waals surface area (Å²) in [5, 5.41) is 11.0. The number of nitrogens with zero attached hydrogens (tertiary/aromatic N) is 4. The molecule has 0 fully saturated rings. The minimum atomic E-state index is 0.818. The highest BCUT2D eigenvalue weighted by Crippen LogP contribution is 2.23. The Balaban J connectivity index is 1.63. The molecule has 0 saturated carbocycles. The van der Waals surface area contributed by atoms with E-state index in [1.807, 2.05) is 10.9 Å². The molecule has 1 aromatic carbocycles. The lowest BCUT2D eigenvalue weighted by Crippen LogP contribution is -2.06. The number of rotatable bonds is 5. The molecule has 0 spiro atoms. The van der Waals surface area contributed by atoms with Gasteiger partial charge in [-0.1, -0.05) is 12.1 Å². The average molecular weight is 349 g/mol. The van der Waals surface area contributed by atoms with Crippen molar-refractivity contribution >= 4 is 28.2 Å². The molecule has 126 valence electrons. The summed E-state index contributed by atoms with van der Waals surface area (Å²) in [6, 6.07) is 10.6. The number of nitrogens with one attached hydrogen (secondary N) is 1. The number of aryl methyl sites for hydroxylation is 2. The summed E-state index contributed by atoms with van der Waals surface area (Å²) < 4.78 is 1.88. The predicted molar refractivity (Wildman–Crippen MR) is 103 cm³/mol. The lowest BCUT2D eigenvalue weighted by atomic mass is 10.1. The SMILES string of the molecule is Cc1cc(C)cc(-n2ncc3c(NCCc4cccs4)ncnc32)c1. The highest BCUT2D eigenvalue weighted by atomic mass is 32.1. The second kappa shape index (κ2) is 6.64. The first-order valence-electron chi connectivity index (χ1n) is 8.24. The molecular weight excluding hydrogens is 330 g/mol. The Morgan fingerprint density at radius 2 is 1.96 bits per heavy atom. The van der Waals surface area contributed by atoms with Crippen LogP contribution in [0.5, 0.6) is 0 Å². The summed E-state index contributed by atoms with van der Waals surface area (Å²) in [6.45, 7) is 5.02. The second-order valence-electron chi connectivity index (χ2n) is 6.12. The van der Waals surface area contributed by atoms with Gasteiger partial charge in [-0.25, -0.2) is 14.6 Å². The molecule has 0 saturated heterocycles. The zero-order valence-electron chi connectivity index (χ0n) is 14.2. The van der Waals surface area contributed by atoms with Crippen molar-refractivity contribution in [1.29, 1.82) is 0 Å². The molecule has 6 heteroatoms.